The molecule has 0 aromatic heterocycles. The van der Waals surface area contributed by atoms with Crippen LogP contribution in [0.4, 0.5) is 0 Å². The van der Waals surface area contributed by atoms with Crippen LogP contribution in [0.3, 0.4) is 0 Å². The largest absolute Gasteiger partial charge is 0.394 e. The van der Waals surface area contributed by atoms with Gasteiger partial charge in [-0.1, -0.05) is 192 Å². The molecule has 0 aliphatic heterocycles. The van der Waals surface area contributed by atoms with Crippen molar-refractivity contribution in [2.75, 3.05) is 6.61 Å². The van der Waals surface area contributed by atoms with Crippen LogP contribution in [0.1, 0.15) is 226 Å². The predicted octanol–water partition coefficient (Wildman–Crippen LogP) is 12.2. The molecule has 0 aromatic rings. The van der Waals surface area contributed by atoms with Crippen molar-refractivity contribution in [1.82, 2.24) is 5.32 Å². The fourth-order valence-corrected chi connectivity index (χ4v) is 6.65. The van der Waals surface area contributed by atoms with Gasteiger partial charge in [0, 0.05) is 6.42 Å². The first-order valence-corrected chi connectivity index (χ1v) is 21.6. The van der Waals surface area contributed by atoms with Gasteiger partial charge in [-0.15, -0.1) is 0 Å². The average Bonchev–Trinajstić information content (AvgIpc) is 3.10. The molecule has 4 N–H and O–H groups in total. The van der Waals surface area contributed by atoms with E-state index in [0.29, 0.717) is 12.8 Å². The summed E-state index contributed by atoms with van der Waals surface area (Å²) >= 11 is 0. The number of hydrogen-bond acceptors (Lipinski definition) is 4. The molecule has 0 aromatic carbocycles. The van der Waals surface area contributed by atoms with Crippen LogP contribution in [0.2, 0.25) is 0 Å². The molecular formula is C44H85NO4. The highest BCUT2D eigenvalue weighted by Gasteiger charge is 2.26. The summed E-state index contributed by atoms with van der Waals surface area (Å²) in [4.78, 5) is 12.4. The normalized spacial score (nSPS) is 13.8. The predicted molar refractivity (Wildman–Crippen MR) is 213 cm³/mol. The monoisotopic (exact) mass is 692 g/mol. The first-order valence-electron chi connectivity index (χ1n) is 21.6. The van der Waals surface area contributed by atoms with Crippen molar-refractivity contribution in [3.63, 3.8) is 0 Å². The molecule has 0 spiro atoms. The molecule has 5 nitrogen and oxygen atoms in total. The molecule has 290 valence electrons. The van der Waals surface area contributed by atoms with Gasteiger partial charge in [-0.05, 0) is 51.4 Å². The zero-order chi connectivity index (χ0) is 35.9. The summed E-state index contributed by atoms with van der Waals surface area (Å²) in [5, 5.41) is 33.5. The van der Waals surface area contributed by atoms with E-state index in [-0.39, 0.29) is 12.5 Å². The Kier molecular flexibility index (Phi) is 38.7. The zero-order valence-corrected chi connectivity index (χ0v) is 32.8. The molecule has 3 atom stereocenters. The zero-order valence-electron chi connectivity index (χ0n) is 32.8. The van der Waals surface area contributed by atoms with Crippen molar-refractivity contribution in [3.8, 4) is 0 Å². The van der Waals surface area contributed by atoms with Crippen molar-refractivity contribution in [2.45, 2.75) is 244 Å². The topological polar surface area (TPSA) is 89.8 Å². The second kappa shape index (κ2) is 39.6. The summed E-state index contributed by atoms with van der Waals surface area (Å²) in [7, 11) is 0. The Morgan fingerprint density at radius 2 is 0.837 bits per heavy atom. The van der Waals surface area contributed by atoms with E-state index in [1.165, 1.54) is 154 Å². The summed E-state index contributed by atoms with van der Waals surface area (Å²) < 4.78 is 0. The van der Waals surface area contributed by atoms with Gasteiger partial charge in [0.1, 0.15) is 6.10 Å². The highest BCUT2D eigenvalue weighted by atomic mass is 16.3. The summed E-state index contributed by atoms with van der Waals surface area (Å²) in [6.45, 7) is 4.17. The first kappa shape index (κ1) is 47.8. The minimum Gasteiger partial charge on any atom is -0.394 e. The van der Waals surface area contributed by atoms with Gasteiger partial charge in [0.2, 0.25) is 5.91 Å². The molecule has 0 bridgehead atoms. The smallest absolute Gasteiger partial charge is 0.220 e. The third-order valence-corrected chi connectivity index (χ3v) is 10.0. The van der Waals surface area contributed by atoms with Gasteiger partial charge in [0.05, 0.1) is 18.8 Å². The van der Waals surface area contributed by atoms with E-state index in [9.17, 15) is 20.1 Å². The van der Waals surface area contributed by atoms with E-state index in [2.05, 4.69) is 43.5 Å². The molecule has 0 heterocycles. The molecule has 49 heavy (non-hydrogen) atoms. The van der Waals surface area contributed by atoms with Crippen molar-refractivity contribution < 1.29 is 20.1 Å². The molecule has 0 radical (unpaired) electrons. The Balaban J connectivity index is 3.69. The molecule has 0 saturated heterocycles. The van der Waals surface area contributed by atoms with Crippen LogP contribution < -0.4 is 5.32 Å². The van der Waals surface area contributed by atoms with Gasteiger partial charge < -0.3 is 20.6 Å². The second-order valence-electron chi connectivity index (χ2n) is 14.9. The SMILES string of the molecule is CCCCCCCCCCCCC/C=C/CC/C=C/CCCC(O)C(O)C(CO)NC(=O)CCCCCCCCCCCCCCCCC. The van der Waals surface area contributed by atoms with Crippen LogP contribution in [0.5, 0.6) is 0 Å². The Bertz CT molecular complexity index is 724. The number of aliphatic hydroxyl groups is 3. The molecule has 1 amide bonds. The molecule has 0 saturated carbocycles. The number of aliphatic hydroxyl groups excluding tert-OH is 3. The van der Waals surface area contributed by atoms with Crippen LogP contribution in [0, 0.1) is 0 Å². The lowest BCUT2D eigenvalue weighted by atomic mass is 10.0. The van der Waals surface area contributed by atoms with Gasteiger partial charge in [-0.25, -0.2) is 0 Å². The molecular weight excluding hydrogens is 606 g/mol. The summed E-state index contributed by atoms with van der Waals surface area (Å²) in [5.41, 5.74) is 0. The third kappa shape index (κ3) is 35.0. The quantitative estimate of drug-likeness (QED) is 0.0381. The van der Waals surface area contributed by atoms with Crippen LogP contribution >= 0.6 is 0 Å². The van der Waals surface area contributed by atoms with Crippen molar-refractivity contribution >= 4 is 5.91 Å². The first-order chi connectivity index (χ1) is 24.1. The van der Waals surface area contributed by atoms with Crippen LogP contribution in [0.15, 0.2) is 24.3 Å². The number of nitrogens with one attached hydrogen (secondary N) is 1. The van der Waals surface area contributed by atoms with E-state index in [4.69, 9.17) is 0 Å². The van der Waals surface area contributed by atoms with E-state index in [1.807, 2.05) is 0 Å². The van der Waals surface area contributed by atoms with Gasteiger partial charge in [0.25, 0.3) is 0 Å². The number of unbranched alkanes of at least 4 members (excludes halogenated alkanes) is 27. The number of allylic oxidation sites excluding steroid dienone is 4. The van der Waals surface area contributed by atoms with Crippen LogP contribution in [0.25, 0.3) is 0 Å². The number of hydrogen-bond donors (Lipinski definition) is 4. The Morgan fingerprint density at radius 1 is 0.490 bits per heavy atom. The minimum atomic E-state index is -1.16. The van der Waals surface area contributed by atoms with Gasteiger partial charge >= 0.3 is 0 Å². The third-order valence-electron chi connectivity index (χ3n) is 10.0. The number of amides is 1. The van der Waals surface area contributed by atoms with E-state index in [1.54, 1.807) is 0 Å². The Hall–Kier alpha value is -1.17. The van der Waals surface area contributed by atoms with Gasteiger partial charge in [-0.3, -0.25) is 4.79 Å². The number of carbonyl (C=O) groups is 1. The maximum absolute atomic E-state index is 12.4. The highest BCUT2D eigenvalue weighted by molar-refractivity contribution is 5.76. The fourth-order valence-electron chi connectivity index (χ4n) is 6.65. The fraction of sp³-hybridized carbons (Fsp3) is 0.886. The lowest BCUT2D eigenvalue weighted by molar-refractivity contribution is -0.124. The lowest BCUT2D eigenvalue weighted by Gasteiger charge is -2.26. The van der Waals surface area contributed by atoms with Crippen molar-refractivity contribution in [2.24, 2.45) is 0 Å². The average molecular weight is 692 g/mol. The summed E-state index contributed by atoms with van der Waals surface area (Å²) in [6.07, 6.45) is 47.1. The molecule has 0 aliphatic carbocycles. The van der Waals surface area contributed by atoms with Crippen molar-refractivity contribution in [1.29, 1.82) is 0 Å². The van der Waals surface area contributed by atoms with Gasteiger partial charge in [0.15, 0.2) is 0 Å². The molecule has 3 unspecified atom stereocenters. The lowest BCUT2D eigenvalue weighted by Crippen LogP contribution is -2.50. The van der Waals surface area contributed by atoms with E-state index < -0.39 is 18.2 Å². The minimum absolute atomic E-state index is 0.157. The molecule has 0 rings (SSSR count). The maximum atomic E-state index is 12.4. The van der Waals surface area contributed by atoms with Gasteiger partial charge in [-0.2, -0.15) is 0 Å². The van der Waals surface area contributed by atoms with Crippen molar-refractivity contribution in [3.05, 3.63) is 24.3 Å². The van der Waals surface area contributed by atoms with Crippen LogP contribution in [-0.2, 0) is 4.79 Å². The van der Waals surface area contributed by atoms with Crippen LogP contribution in [-0.4, -0.2) is 46.1 Å². The summed E-state index contributed by atoms with van der Waals surface area (Å²) in [5.74, 6) is -0.157. The molecule has 0 aliphatic rings. The van der Waals surface area contributed by atoms with E-state index >= 15 is 0 Å². The second-order valence-corrected chi connectivity index (χ2v) is 14.9. The molecule has 0 fully saturated rings. The Labute approximate surface area is 305 Å². The maximum Gasteiger partial charge on any atom is 0.220 e. The standard InChI is InChI=1S/C44H85NO4/c1-3-5-7-9-11-13-15-17-19-20-21-22-23-25-26-28-30-32-34-36-38-42(47)44(49)41(40-46)45-43(48)39-37-35-33-31-29-27-24-18-16-14-12-10-8-6-4-2/h23,25,30,32,41-42,44,46-47,49H,3-22,24,26-29,31,33-40H2,1-2H3,(H,45,48)/b25-23+,32-30+. The Morgan fingerprint density at radius 3 is 1.24 bits per heavy atom. The summed E-state index contributed by atoms with van der Waals surface area (Å²) in [6, 6.07) is -0.828. The van der Waals surface area contributed by atoms with E-state index in [0.717, 1.165) is 44.9 Å². The highest BCUT2D eigenvalue weighted by Crippen LogP contribution is 2.15. The number of carbonyl (C=O) groups excluding carboxylic acids is 1. The number of rotatable bonds is 39. The molecule has 5 heteroatoms.